The van der Waals surface area contributed by atoms with Gasteiger partial charge in [0, 0.05) is 24.1 Å². The average Bonchev–Trinajstić information content (AvgIpc) is 2.58. The minimum Gasteiger partial charge on any atom is -0.490 e. The fraction of sp³-hybridized carbons (Fsp3) is 0.389. The molecular weight excluding hydrogens is 322 g/mol. The SMILES string of the molecule is Cc1cc(Nc2cc(C)c([N+](=O)[O-])cn2)ccc1OC1CCOCC1. The quantitative estimate of drug-likeness (QED) is 0.654. The second-order valence-electron chi connectivity index (χ2n) is 6.15. The molecule has 3 rings (SSSR count). The Morgan fingerprint density at radius 1 is 1.24 bits per heavy atom. The fourth-order valence-electron chi connectivity index (χ4n) is 2.79. The van der Waals surface area contributed by atoms with Gasteiger partial charge in [-0.2, -0.15) is 0 Å². The molecular formula is C18H21N3O4. The number of aromatic nitrogens is 1. The second kappa shape index (κ2) is 7.48. The van der Waals surface area contributed by atoms with Gasteiger partial charge in [-0.15, -0.1) is 0 Å². The lowest BCUT2D eigenvalue weighted by Gasteiger charge is -2.24. The molecule has 0 saturated carbocycles. The third-order valence-corrected chi connectivity index (χ3v) is 4.19. The number of pyridine rings is 1. The molecule has 1 aromatic heterocycles. The highest BCUT2D eigenvalue weighted by Gasteiger charge is 2.16. The summed E-state index contributed by atoms with van der Waals surface area (Å²) in [7, 11) is 0. The van der Waals surface area contributed by atoms with Crippen molar-refractivity contribution in [1.82, 2.24) is 4.98 Å². The van der Waals surface area contributed by atoms with Gasteiger partial charge in [-0.1, -0.05) is 0 Å². The van der Waals surface area contributed by atoms with Gasteiger partial charge < -0.3 is 14.8 Å². The highest BCUT2D eigenvalue weighted by Crippen LogP contribution is 2.27. The molecule has 0 radical (unpaired) electrons. The van der Waals surface area contributed by atoms with Crippen LogP contribution < -0.4 is 10.1 Å². The summed E-state index contributed by atoms with van der Waals surface area (Å²) in [6, 6.07) is 7.50. The molecule has 0 aliphatic carbocycles. The minimum atomic E-state index is -0.432. The Morgan fingerprint density at radius 2 is 2.00 bits per heavy atom. The highest BCUT2D eigenvalue weighted by atomic mass is 16.6. The Labute approximate surface area is 146 Å². The Bertz CT molecular complexity index is 773. The third kappa shape index (κ3) is 4.24. The molecule has 25 heavy (non-hydrogen) atoms. The molecule has 0 spiro atoms. The summed E-state index contributed by atoms with van der Waals surface area (Å²) in [5.41, 5.74) is 2.47. The van der Waals surface area contributed by atoms with E-state index in [9.17, 15) is 10.1 Å². The number of ether oxygens (including phenoxy) is 2. The van der Waals surface area contributed by atoms with Gasteiger partial charge in [-0.25, -0.2) is 4.98 Å². The van der Waals surface area contributed by atoms with E-state index < -0.39 is 4.92 Å². The van der Waals surface area contributed by atoms with Gasteiger partial charge in [0.15, 0.2) is 0 Å². The summed E-state index contributed by atoms with van der Waals surface area (Å²) in [6.45, 7) is 5.18. The van der Waals surface area contributed by atoms with Crippen LogP contribution in [0.15, 0.2) is 30.5 Å². The summed E-state index contributed by atoms with van der Waals surface area (Å²) >= 11 is 0. The van der Waals surface area contributed by atoms with Crippen LogP contribution in [0, 0.1) is 24.0 Å². The van der Waals surface area contributed by atoms with E-state index in [1.54, 1.807) is 13.0 Å². The summed E-state index contributed by atoms with van der Waals surface area (Å²) in [4.78, 5) is 14.5. The van der Waals surface area contributed by atoms with Crippen molar-refractivity contribution in [3.8, 4) is 5.75 Å². The van der Waals surface area contributed by atoms with E-state index in [1.807, 2.05) is 25.1 Å². The van der Waals surface area contributed by atoms with Crippen LogP contribution in [-0.4, -0.2) is 29.2 Å². The van der Waals surface area contributed by atoms with Gasteiger partial charge in [0.25, 0.3) is 5.69 Å². The average molecular weight is 343 g/mol. The molecule has 7 nitrogen and oxygen atoms in total. The number of benzene rings is 1. The number of aryl methyl sites for hydroxylation is 2. The van der Waals surface area contributed by atoms with Gasteiger partial charge in [-0.3, -0.25) is 10.1 Å². The molecule has 1 aliphatic rings. The summed E-state index contributed by atoms with van der Waals surface area (Å²) < 4.78 is 11.4. The number of hydrogen-bond donors (Lipinski definition) is 1. The molecule has 1 aliphatic heterocycles. The van der Waals surface area contributed by atoms with Crippen LogP contribution in [0.25, 0.3) is 0 Å². The zero-order valence-electron chi connectivity index (χ0n) is 14.3. The molecule has 132 valence electrons. The van der Waals surface area contributed by atoms with Crippen LogP contribution in [0.4, 0.5) is 17.2 Å². The summed E-state index contributed by atoms with van der Waals surface area (Å²) in [5.74, 6) is 1.44. The van der Waals surface area contributed by atoms with Crippen molar-refractivity contribution in [2.24, 2.45) is 0 Å². The van der Waals surface area contributed by atoms with Gasteiger partial charge >= 0.3 is 0 Å². The molecule has 1 N–H and O–H groups in total. The van der Waals surface area contributed by atoms with Crippen LogP contribution in [0.3, 0.4) is 0 Å². The fourth-order valence-corrected chi connectivity index (χ4v) is 2.79. The number of nitrogens with one attached hydrogen (secondary N) is 1. The Balaban J connectivity index is 1.70. The van der Waals surface area contributed by atoms with Crippen molar-refractivity contribution in [3.05, 3.63) is 51.7 Å². The van der Waals surface area contributed by atoms with E-state index >= 15 is 0 Å². The first kappa shape index (κ1) is 17.2. The maximum atomic E-state index is 10.9. The monoisotopic (exact) mass is 343 g/mol. The molecule has 1 fully saturated rings. The smallest absolute Gasteiger partial charge is 0.290 e. The number of hydrogen-bond acceptors (Lipinski definition) is 6. The van der Waals surface area contributed by atoms with E-state index in [1.165, 1.54) is 6.20 Å². The topological polar surface area (TPSA) is 86.5 Å². The molecule has 2 aromatic rings. The molecule has 0 atom stereocenters. The summed E-state index contributed by atoms with van der Waals surface area (Å²) in [6.07, 6.45) is 3.29. The Kier molecular flexibility index (Phi) is 5.14. The largest absolute Gasteiger partial charge is 0.490 e. The standard InChI is InChI=1S/C18H21N3O4/c1-12-10-18(19-11-16(12)21(22)23)20-14-3-4-17(13(2)9-14)25-15-5-7-24-8-6-15/h3-4,9-11,15H,5-8H2,1-2H3,(H,19,20). The predicted octanol–water partition coefficient (Wildman–Crippen LogP) is 3.91. The van der Waals surface area contributed by atoms with E-state index in [2.05, 4.69) is 10.3 Å². The van der Waals surface area contributed by atoms with Gasteiger partial charge in [0.2, 0.25) is 0 Å². The van der Waals surface area contributed by atoms with E-state index in [0.29, 0.717) is 11.4 Å². The van der Waals surface area contributed by atoms with Crippen molar-refractivity contribution in [1.29, 1.82) is 0 Å². The van der Waals surface area contributed by atoms with E-state index in [-0.39, 0.29) is 11.8 Å². The molecule has 1 saturated heterocycles. The van der Waals surface area contributed by atoms with Gasteiger partial charge in [-0.05, 0) is 43.7 Å². The van der Waals surface area contributed by atoms with Crippen LogP contribution in [0.5, 0.6) is 5.75 Å². The van der Waals surface area contributed by atoms with Crippen LogP contribution in [-0.2, 0) is 4.74 Å². The van der Waals surface area contributed by atoms with Crippen molar-refractivity contribution < 1.29 is 14.4 Å². The Hall–Kier alpha value is -2.67. The van der Waals surface area contributed by atoms with Crippen molar-refractivity contribution in [2.75, 3.05) is 18.5 Å². The number of nitro groups is 1. The first-order chi connectivity index (χ1) is 12.0. The first-order valence-corrected chi connectivity index (χ1v) is 8.26. The normalized spacial score (nSPS) is 15.0. The molecule has 2 heterocycles. The Morgan fingerprint density at radius 3 is 2.64 bits per heavy atom. The molecule has 0 amide bonds. The second-order valence-corrected chi connectivity index (χ2v) is 6.15. The predicted molar refractivity (Wildman–Crippen MR) is 94.6 cm³/mol. The third-order valence-electron chi connectivity index (χ3n) is 4.19. The zero-order valence-corrected chi connectivity index (χ0v) is 14.3. The zero-order chi connectivity index (χ0) is 17.8. The van der Waals surface area contributed by atoms with Crippen molar-refractivity contribution in [2.45, 2.75) is 32.8 Å². The number of anilines is 2. The van der Waals surface area contributed by atoms with Gasteiger partial charge in [0.05, 0.1) is 18.1 Å². The van der Waals surface area contributed by atoms with Crippen LogP contribution in [0.2, 0.25) is 0 Å². The lowest BCUT2D eigenvalue weighted by molar-refractivity contribution is -0.385. The van der Waals surface area contributed by atoms with Crippen molar-refractivity contribution in [3.63, 3.8) is 0 Å². The molecule has 1 aromatic carbocycles. The van der Waals surface area contributed by atoms with Crippen LogP contribution >= 0.6 is 0 Å². The lowest BCUT2D eigenvalue weighted by Crippen LogP contribution is -2.26. The van der Waals surface area contributed by atoms with Gasteiger partial charge in [0.1, 0.15) is 23.9 Å². The molecule has 0 unspecified atom stereocenters. The minimum absolute atomic E-state index is 0.0157. The summed E-state index contributed by atoms with van der Waals surface area (Å²) in [5, 5.41) is 14.0. The molecule has 0 bridgehead atoms. The number of nitrogens with zero attached hydrogens (tertiary/aromatic N) is 2. The highest BCUT2D eigenvalue weighted by molar-refractivity contribution is 5.61. The van der Waals surface area contributed by atoms with E-state index in [0.717, 1.165) is 43.1 Å². The maximum absolute atomic E-state index is 10.9. The van der Waals surface area contributed by atoms with Crippen LogP contribution in [0.1, 0.15) is 24.0 Å². The first-order valence-electron chi connectivity index (χ1n) is 8.26. The van der Waals surface area contributed by atoms with E-state index in [4.69, 9.17) is 9.47 Å². The number of rotatable bonds is 5. The maximum Gasteiger partial charge on any atom is 0.290 e. The van der Waals surface area contributed by atoms with Crippen molar-refractivity contribution >= 4 is 17.2 Å². The lowest BCUT2D eigenvalue weighted by atomic mass is 10.1. The molecule has 7 heteroatoms.